The summed E-state index contributed by atoms with van der Waals surface area (Å²) in [5.41, 5.74) is 1.05. The van der Waals surface area contributed by atoms with E-state index < -0.39 is 5.97 Å². The lowest BCUT2D eigenvalue weighted by atomic mass is 10.2. The van der Waals surface area contributed by atoms with Crippen LogP contribution < -0.4 is 4.89 Å². The van der Waals surface area contributed by atoms with Gasteiger partial charge in [-0.15, -0.1) is 0 Å². The van der Waals surface area contributed by atoms with Gasteiger partial charge in [-0.3, -0.25) is 4.89 Å². The molecule has 0 aliphatic rings. The van der Waals surface area contributed by atoms with Gasteiger partial charge in [0.1, 0.15) is 0 Å². The van der Waals surface area contributed by atoms with Gasteiger partial charge < -0.3 is 0 Å². The molecular formula is C14H10Cl2O3. The zero-order valence-electron chi connectivity index (χ0n) is 10.0. The van der Waals surface area contributed by atoms with Crippen molar-refractivity contribution in [2.24, 2.45) is 0 Å². The molecule has 0 heterocycles. The summed E-state index contributed by atoms with van der Waals surface area (Å²) >= 11 is 11.6. The summed E-state index contributed by atoms with van der Waals surface area (Å²) in [7, 11) is 0. The Balaban J connectivity index is 2.08. The van der Waals surface area contributed by atoms with Crippen LogP contribution in [0.3, 0.4) is 0 Å². The second-order valence-corrected chi connectivity index (χ2v) is 4.69. The summed E-state index contributed by atoms with van der Waals surface area (Å²) in [5, 5.41) is 0.659. The molecule has 0 aliphatic heterocycles. The number of carbonyl (C=O) groups is 1. The highest BCUT2D eigenvalue weighted by Gasteiger charge is 2.14. The number of benzene rings is 2. The first-order valence-electron chi connectivity index (χ1n) is 5.47. The van der Waals surface area contributed by atoms with E-state index in [1.165, 1.54) is 12.1 Å². The smallest absolute Gasteiger partial charge is 0.286 e. The second-order valence-electron chi connectivity index (χ2n) is 3.84. The van der Waals surface area contributed by atoms with Crippen molar-refractivity contribution in [1.29, 1.82) is 0 Å². The largest absolute Gasteiger partial charge is 0.387 e. The van der Waals surface area contributed by atoms with Crippen LogP contribution in [0.5, 0.6) is 5.75 Å². The van der Waals surface area contributed by atoms with Crippen molar-refractivity contribution >= 4 is 29.2 Å². The van der Waals surface area contributed by atoms with E-state index in [1.807, 2.05) is 19.1 Å². The van der Waals surface area contributed by atoms with E-state index in [4.69, 9.17) is 33.0 Å². The molecule has 0 atom stereocenters. The number of hydrogen-bond acceptors (Lipinski definition) is 3. The molecule has 0 saturated carbocycles. The van der Waals surface area contributed by atoms with Crippen LogP contribution in [0.15, 0.2) is 42.5 Å². The van der Waals surface area contributed by atoms with Crippen LogP contribution in [0, 0.1) is 6.92 Å². The lowest BCUT2D eigenvalue weighted by Gasteiger charge is -2.07. The number of halogens is 2. The highest BCUT2D eigenvalue weighted by atomic mass is 35.5. The molecule has 0 fully saturated rings. The fraction of sp³-hybridized carbons (Fsp3) is 0.0714. The summed E-state index contributed by atoms with van der Waals surface area (Å²) in [6.07, 6.45) is 0. The van der Waals surface area contributed by atoms with Crippen LogP contribution in [0.4, 0.5) is 0 Å². The molecule has 3 nitrogen and oxygen atoms in total. The molecular weight excluding hydrogens is 287 g/mol. The second kappa shape index (κ2) is 5.95. The Labute approximate surface area is 120 Å². The number of hydrogen-bond donors (Lipinski definition) is 0. The molecule has 0 unspecified atom stereocenters. The summed E-state index contributed by atoms with van der Waals surface area (Å²) in [5.74, 6) is -0.203. The summed E-state index contributed by atoms with van der Waals surface area (Å²) in [6, 6.07) is 11.7. The number of rotatable bonds is 3. The van der Waals surface area contributed by atoms with Gasteiger partial charge in [-0.1, -0.05) is 41.4 Å². The summed E-state index contributed by atoms with van der Waals surface area (Å²) < 4.78 is 0. The minimum atomic E-state index is -0.676. The van der Waals surface area contributed by atoms with Crippen LogP contribution in [-0.2, 0) is 4.89 Å². The van der Waals surface area contributed by atoms with Crippen molar-refractivity contribution in [3.8, 4) is 5.75 Å². The Morgan fingerprint density at radius 1 is 1.11 bits per heavy atom. The minimum Gasteiger partial charge on any atom is -0.286 e. The van der Waals surface area contributed by atoms with E-state index in [9.17, 15) is 4.79 Å². The van der Waals surface area contributed by atoms with E-state index in [2.05, 4.69) is 0 Å². The van der Waals surface area contributed by atoms with Crippen molar-refractivity contribution in [1.82, 2.24) is 0 Å². The predicted octanol–water partition coefficient (Wildman–Crippen LogP) is 4.45. The summed E-state index contributed by atoms with van der Waals surface area (Å²) in [6.45, 7) is 1.85. The Morgan fingerprint density at radius 3 is 2.53 bits per heavy atom. The number of para-hydroxylation sites is 1. The van der Waals surface area contributed by atoms with Gasteiger partial charge in [0, 0.05) is 5.02 Å². The SMILES string of the molecule is Cc1ccccc1OOC(=O)c1ccc(Cl)cc1Cl. The van der Waals surface area contributed by atoms with E-state index in [1.54, 1.807) is 18.2 Å². The molecule has 0 saturated heterocycles. The molecule has 0 N–H and O–H groups in total. The average Bonchev–Trinajstić information content (AvgIpc) is 2.37. The zero-order valence-corrected chi connectivity index (χ0v) is 11.5. The maximum absolute atomic E-state index is 11.8. The zero-order chi connectivity index (χ0) is 13.8. The first-order valence-corrected chi connectivity index (χ1v) is 6.23. The van der Waals surface area contributed by atoms with Gasteiger partial charge in [0.15, 0.2) is 5.75 Å². The van der Waals surface area contributed by atoms with Gasteiger partial charge >= 0.3 is 5.97 Å². The molecule has 0 aromatic heterocycles. The van der Waals surface area contributed by atoms with Crippen molar-refractivity contribution < 1.29 is 14.6 Å². The van der Waals surface area contributed by atoms with Gasteiger partial charge in [0.25, 0.3) is 0 Å². The highest BCUT2D eigenvalue weighted by molar-refractivity contribution is 6.36. The van der Waals surface area contributed by atoms with Crippen LogP contribution in [0.2, 0.25) is 10.0 Å². The third-order valence-corrected chi connectivity index (χ3v) is 3.00. The summed E-state index contributed by atoms with van der Waals surface area (Å²) in [4.78, 5) is 21.5. The Bertz CT molecular complexity index is 611. The van der Waals surface area contributed by atoms with Crippen molar-refractivity contribution in [2.75, 3.05) is 0 Å². The molecule has 0 spiro atoms. The van der Waals surface area contributed by atoms with Gasteiger partial charge in [0.05, 0.1) is 10.6 Å². The Morgan fingerprint density at radius 2 is 1.84 bits per heavy atom. The standard InChI is InChI=1S/C14H10Cl2O3/c1-9-4-2-3-5-13(9)18-19-14(17)11-7-6-10(15)8-12(11)16/h2-8H,1H3. The third kappa shape index (κ3) is 3.40. The van der Waals surface area contributed by atoms with Crippen LogP contribution in [0.1, 0.15) is 15.9 Å². The van der Waals surface area contributed by atoms with Crippen molar-refractivity contribution in [2.45, 2.75) is 6.92 Å². The Kier molecular flexibility index (Phi) is 4.30. The quantitative estimate of drug-likeness (QED) is 0.620. The average molecular weight is 297 g/mol. The molecule has 98 valence electrons. The van der Waals surface area contributed by atoms with Gasteiger partial charge in [-0.2, -0.15) is 0 Å². The monoisotopic (exact) mass is 296 g/mol. The molecule has 2 aromatic carbocycles. The lowest BCUT2D eigenvalue weighted by molar-refractivity contribution is -0.150. The van der Waals surface area contributed by atoms with E-state index in [0.717, 1.165) is 5.56 Å². The maximum Gasteiger partial charge on any atom is 0.387 e. The molecule has 0 aliphatic carbocycles. The number of aryl methyl sites for hydroxylation is 1. The minimum absolute atomic E-state index is 0.194. The van der Waals surface area contributed by atoms with Gasteiger partial charge in [-0.25, -0.2) is 9.68 Å². The van der Waals surface area contributed by atoms with Crippen molar-refractivity contribution in [3.63, 3.8) is 0 Å². The third-order valence-electron chi connectivity index (χ3n) is 2.45. The molecule has 2 rings (SSSR count). The van der Waals surface area contributed by atoms with Crippen LogP contribution in [0.25, 0.3) is 0 Å². The number of carbonyl (C=O) groups excluding carboxylic acids is 1. The molecule has 19 heavy (non-hydrogen) atoms. The maximum atomic E-state index is 11.8. The predicted molar refractivity (Wildman–Crippen MR) is 73.7 cm³/mol. The molecule has 0 radical (unpaired) electrons. The molecule has 2 aromatic rings. The van der Waals surface area contributed by atoms with Crippen LogP contribution in [-0.4, -0.2) is 5.97 Å². The molecule has 5 heteroatoms. The Hall–Kier alpha value is -1.71. The van der Waals surface area contributed by atoms with E-state index in [0.29, 0.717) is 10.8 Å². The molecule has 0 amide bonds. The first kappa shape index (κ1) is 13.7. The first-order chi connectivity index (χ1) is 9.08. The van der Waals surface area contributed by atoms with E-state index >= 15 is 0 Å². The molecule has 0 bridgehead atoms. The highest BCUT2D eigenvalue weighted by Crippen LogP contribution is 2.22. The normalized spacial score (nSPS) is 10.1. The topological polar surface area (TPSA) is 35.5 Å². The van der Waals surface area contributed by atoms with E-state index in [-0.39, 0.29) is 10.6 Å². The fourth-order valence-electron chi connectivity index (χ4n) is 1.43. The van der Waals surface area contributed by atoms with Gasteiger partial charge in [0.2, 0.25) is 0 Å². The van der Waals surface area contributed by atoms with Gasteiger partial charge in [-0.05, 0) is 36.8 Å². The van der Waals surface area contributed by atoms with Crippen molar-refractivity contribution in [3.05, 3.63) is 63.6 Å². The lowest BCUT2D eigenvalue weighted by Crippen LogP contribution is -2.09. The fourth-order valence-corrected chi connectivity index (χ4v) is 1.92. The van der Waals surface area contributed by atoms with Crippen LogP contribution >= 0.6 is 23.2 Å².